The van der Waals surface area contributed by atoms with Crippen LogP contribution in [-0.4, -0.2) is 0 Å². The number of rotatable bonds is 1. The maximum atomic E-state index is 2.19. The third-order valence-corrected chi connectivity index (χ3v) is 3.38. The Bertz CT molecular complexity index is 146. The zero-order chi connectivity index (χ0) is 5.82. The summed E-state index contributed by atoms with van der Waals surface area (Å²) in [6, 6.07) is 10.6. The van der Waals surface area contributed by atoms with Gasteiger partial charge in [0.25, 0.3) is 0 Å². The van der Waals surface area contributed by atoms with E-state index in [1.165, 1.54) is 9.49 Å². The molecule has 0 spiro atoms. The van der Waals surface area contributed by atoms with Gasteiger partial charge >= 0.3 is 65.9 Å². The van der Waals surface area contributed by atoms with Crippen LogP contribution in [0.25, 0.3) is 0 Å². The molecule has 1 rings (SSSR count). The summed E-state index contributed by atoms with van der Waals surface area (Å²) in [5.74, 6) is 0. The summed E-state index contributed by atoms with van der Waals surface area (Å²) in [5.41, 5.74) is 1.50. The summed E-state index contributed by atoms with van der Waals surface area (Å²) in [5, 5.41) is 0. The first-order valence-electron chi connectivity index (χ1n) is 2.76. The van der Waals surface area contributed by atoms with E-state index in [-0.39, 0.29) is 0 Å². The fourth-order valence-electron chi connectivity index (χ4n) is 0.645. The van der Waals surface area contributed by atoms with Gasteiger partial charge in [-0.05, 0) is 0 Å². The van der Waals surface area contributed by atoms with Crippen LogP contribution < -0.4 is 0 Å². The standard InChI is InChI=1S/C7H7.Hg/c1-7-5-3-2-4-6-7;/h2-6H,1H2;. The van der Waals surface area contributed by atoms with E-state index in [1.54, 1.807) is 0 Å². The molecule has 0 atom stereocenters. The van der Waals surface area contributed by atoms with E-state index in [0.717, 1.165) is 26.1 Å². The van der Waals surface area contributed by atoms with Crippen LogP contribution in [0.3, 0.4) is 0 Å². The molecule has 0 saturated carbocycles. The van der Waals surface area contributed by atoms with Gasteiger partial charge in [0, 0.05) is 0 Å². The minimum absolute atomic E-state index is 0.922. The van der Waals surface area contributed by atoms with Crippen molar-refractivity contribution < 1.29 is 26.1 Å². The topological polar surface area (TPSA) is 0 Å². The molecule has 0 amide bonds. The van der Waals surface area contributed by atoms with Gasteiger partial charge in [-0.2, -0.15) is 0 Å². The first-order valence-corrected chi connectivity index (χ1v) is 6.65. The molecule has 1 aromatic carbocycles. The first kappa shape index (κ1) is 6.28. The molecule has 0 aliphatic rings. The molecule has 1 heteroatoms. The Morgan fingerprint density at radius 3 is 2.12 bits per heavy atom. The van der Waals surface area contributed by atoms with Crippen molar-refractivity contribution >= 4 is 0 Å². The Hall–Kier alpha value is 0.155. The van der Waals surface area contributed by atoms with Gasteiger partial charge in [0.2, 0.25) is 0 Å². The van der Waals surface area contributed by atoms with Crippen LogP contribution in [0, 0.1) is 0 Å². The fraction of sp³-hybridized carbons (Fsp3) is 0.143. The van der Waals surface area contributed by atoms with Crippen molar-refractivity contribution in [3.05, 3.63) is 35.9 Å². The van der Waals surface area contributed by atoms with E-state index in [9.17, 15) is 0 Å². The van der Waals surface area contributed by atoms with Crippen LogP contribution in [-0.2, 0) is 30.1 Å². The molecule has 0 bridgehead atoms. The van der Waals surface area contributed by atoms with Gasteiger partial charge in [-0.15, -0.1) is 0 Å². The molecular formula is C7H7Hg. The SMILES string of the molecule is [Hg][CH2]c1ccccc1. The van der Waals surface area contributed by atoms with E-state index >= 15 is 0 Å². The van der Waals surface area contributed by atoms with E-state index in [2.05, 4.69) is 30.3 Å². The predicted octanol–water partition coefficient (Wildman–Crippen LogP) is 1.73. The monoisotopic (exact) mass is 293 g/mol. The van der Waals surface area contributed by atoms with Gasteiger partial charge in [-0.25, -0.2) is 0 Å². The Balaban J connectivity index is 2.83. The molecule has 8 heavy (non-hydrogen) atoms. The Morgan fingerprint density at radius 1 is 1.12 bits per heavy atom. The van der Waals surface area contributed by atoms with E-state index in [4.69, 9.17) is 0 Å². The van der Waals surface area contributed by atoms with Gasteiger partial charge in [0.1, 0.15) is 0 Å². The van der Waals surface area contributed by atoms with Crippen molar-refractivity contribution in [2.24, 2.45) is 0 Å². The third-order valence-electron chi connectivity index (χ3n) is 1.13. The molecule has 0 heterocycles. The molecule has 0 aliphatic heterocycles. The number of benzene rings is 1. The van der Waals surface area contributed by atoms with Crippen LogP contribution in [0.15, 0.2) is 30.3 Å². The van der Waals surface area contributed by atoms with Crippen LogP contribution in [0.4, 0.5) is 0 Å². The van der Waals surface area contributed by atoms with E-state index in [1.807, 2.05) is 0 Å². The van der Waals surface area contributed by atoms with Crippen LogP contribution >= 0.6 is 0 Å². The second kappa shape index (κ2) is 3.23. The quantitative estimate of drug-likeness (QED) is 0.692. The average Bonchev–Trinajstić information content (AvgIpc) is 1.90. The molecule has 0 saturated heterocycles. The summed E-state index contributed by atoms with van der Waals surface area (Å²) >= 11 is 0.922. The fourth-order valence-corrected chi connectivity index (χ4v) is 1.94. The van der Waals surface area contributed by atoms with Gasteiger partial charge in [-0.1, -0.05) is 0 Å². The summed E-state index contributed by atoms with van der Waals surface area (Å²) in [4.78, 5) is 0. The molecular weight excluding hydrogens is 285 g/mol. The van der Waals surface area contributed by atoms with Crippen molar-refractivity contribution in [3.63, 3.8) is 0 Å². The summed E-state index contributed by atoms with van der Waals surface area (Å²) in [7, 11) is 0. The molecule has 0 radical (unpaired) electrons. The molecule has 0 nitrogen and oxygen atoms in total. The Kier molecular flexibility index (Phi) is 2.54. The van der Waals surface area contributed by atoms with Gasteiger partial charge in [-0.3, -0.25) is 0 Å². The summed E-state index contributed by atoms with van der Waals surface area (Å²) in [6.45, 7) is 0. The maximum absolute atomic E-state index is 2.19. The molecule has 1 aromatic rings. The first-order chi connectivity index (χ1) is 3.93. The van der Waals surface area contributed by atoms with Gasteiger partial charge in [0.15, 0.2) is 0 Å². The van der Waals surface area contributed by atoms with Gasteiger partial charge < -0.3 is 0 Å². The zero-order valence-electron chi connectivity index (χ0n) is 4.80. The molecule has 0 unspecified atom stereocenters. The van der Waals surface area contributed by atoms with Crippen LogP contribution in [0.2, 0.25) is 0 Å². The zero-order valence-corrected chi connectivity index (χ0v) is 10.3. The third kappa shape index (κ3) is 1.59. The van der Waals surface area contributed by atoms with Gasteiger partial charge in [0.05, 0.1) is 0 Å². The molecule has 0 aliphatic carbocycles. The van der Waals surface area contributed by atoms with Crippen LogP contribution in [0.1, 0.15) is 5.56 Å². The molecule has 0 aromatic heterocycles. The average molecular weight is 292 g/mol. The predicted molar refractivity (Wildman–Crippen MR) is 30.1 cm³/mol. The van der Waals surface area contributed by atoms with Crippen molar-refractivity contribution in [2.45, 2.75) is 3.93 Å². The normalized spacial score (nSPS) is 9.25. The van der Waals surface area contributed by atoms with Crippen molar-refractivity contribution in [1.82, 2.24) is 0 Å². The van der Waals surface area contributed by atoms with Crippen molar-refractivity contribution in [1.29, 1.82) is 0 Å². The van der Waals surface area contributed by atoms with Crippen molar-refractivity contribution in [2.75, 3.05) is 0 Å². The van der Waals surface area contributed by atoms with E-state index < -0.39 is 0 Å². The van der Waals surface area contributed by atoms with Crippen LogP contribution in [0.5, 0.6) is 0 Å². The Labute approximate surface area is 65.9 Å². The molecule has 37 valence electrons. The Morgan fingerprint density at radius 2 is 1.75 bits per heavy atom. The molecule has 0 N–H and O–H groups in total. The second-order valence-corrected chi connectivity index (χ2v) is 3.68. The van der Waals surface area contributed by atoms with E-state index in [0.29, 0.717) is 0 Å². The minimum atomic E-state index is 0.922. The number of hydrogen-bond donors (Lipinski definition) is 0. The summed E-state index contributed by atoms with van der Waals surface area (Å²) in [6.07, 6.45) is 0. The number of hydrogen-bond acceptors (Lipinski definition) is 0. The molecule has 0 fully saturated rings. The summed E-state index contributed by atoms with van der Waals surface area (Å²) < 4.78 is 1.33. The van der Waals surface area contributed by atoms with Crippen molar-refractivity contribution in [3.8, 4) is 0 Å². The second-order valence-electron chi connectivity index (χ2n) is 1.74.